The number of halogens is 2. The van der Waals surface area contributed by atoms with E-state index in [0.717, 1.165) is 34.0 Å². The first-order valence-corrected chi connectivity index (χ1v) is 12.6. The molecule has 5 rings (SSSR count). The molecule has 0 amide bonds. The van der Waals surface area contributed by atoms with Gasteiger partial charge in [0.15, 0.2) is 5.11 Å². The lowest BCUT2D eigenvalue weighted by atomic mass is 9.96. The Kier molecular flexibility index (Phi) is 6.34. The first-order valence-electron chi connectivity index (χ1n) is 11.5. The number of nitrogens with one attached hydrogen (secondary N) is 1. The lowest BCUT2D eigenvalue weighted by Gasteiger charge is -2.29. The monoisotopic (exact) mass is 520 g/mol. The number of thiocarbonyl (C=S) groups is 1. The van der Waals surface area contributed by atoms with Crippen LogP contribution in [0.5, 0.6) is 0 Å². The van der Waals surface area contributed by atoms with Crippen LogP contribution in [0.1, 0.15) is 45.9 Å². The Balaban J connectivity index is 1.71. The van der Waals surface area contributed by atoms with E-state index in [1.165, 1.54) is 11.1 Å². The maximum absolute atomic E-state index is 6.63. The Hall–Kier alpha value is -2.86. The summed E-state index contributed by atoms with van der Waals surface area (Å²) in [6.07, 6.45) is 1.83. The number of benzene rings is 2. The van der Waals surface area contributed by atoms with Gasteiger partial charge in [-0.1, -0.05) is 35.3 Å². The van der Waals surface area contributed by atoms with E-state index in [1.54, 1.807) is 6.07 Å². The van der Waals surface area contributed by atoms with Gasteiger partial charge in [0.1, 0.15) is 0 Å². The third-order valence-corrected chi connectivity index (χ3v) is 7.37. The standard InChI is InChI=1S/C28H26Cl2N4S/c1-16-11-17(2)13-21(12-16)34-27(26(32-28(34)35)24-7-5-6-10-31-24)22-14-18(3)33(19(22)4)25-9-8-20(29)15-23(25)30/h5-15,26-27H,1-4H3,(H,32,35)/t26-,27-/m1/s1. The minimum Gasteiger partial charge on any atom is -0.351 e. The average molecular weight is 522 g/mol. The van der Waals surface area contributed by atoms with E-state index in [9.17, 15) is 0 Å². The molecule has 35 heavy (non-hydrogen) atoms. The lowest BCUT2D eigenvalue weighted by molar-refractivity contribution is 0.565. The predicted molar refractivity (Wildman–Crippen MR) is 149 cm³/mol. The zero-order valence-electron chi connectivity index (χ0n) is 20.0. The molecule has 1 aliphatic heterocycles. The number of hydrogen-bond acceptors (Lipinski definition) is 2. The summed E-state index contributed by atoms with van der Waals surface area (Å²) in [5, 5.41) is 5.47. The fourth-order valence-electron chi connectivity index (χ4n) is 5.16. The quantitative estimate of drug-likeness (QED) is 0.281. The zero-order chi connectivity index (χ0) is 24.9. The Labute approximate surface area is 221 Å². The summed E-state index contributed by atoms with van der Waals surface area (Å²) in [4.78, 5) is 6.91. The Morgan fingerprint density at radius 2 is 1.66 bits per heavy atom. The van der Waals surface area contributed by atoms with Crippen molar-refractivity contribution < 1.29 is 0 Å². The Bertz CT molecular complexity index is 1410. The molecule has 1 fully saturated rings. The van der Waals surface area contributed by atoms with Crippen LogP contribution >= 0.6 is 35.4 Å². The Morgan fingerprint density at radius 3 is 2.31 bits per heavy atom. The summed E-state index contributed by atoms with van der Waals surface area (Å²) < 4.78 is 2.19. The summed E-state index contributed by atoms with van der Waals surface area (Å²) >= 11 is 18.7. The normalized spacial score (nSPS) is 17.7. The molecule has 4 aromatic rings. The second kappa shape index (κ2) is 9.30. The molecule has 0 spiro atoms. The molecule has 7 heteroatoms. The van der Waals surface area contributed by atoms with Crippen LogP contribution in [-0.4, -0.2) is 14.7 Å². The molecule has 4 nitrogen and oxygen atoms in total. The van der Waals surface area contributed by atoms with Crippen molar-refractivity contribution in [2.24, 2.45) is 0 Å². The fraction of sp³-hybridized carbons (Fsp3) is 0.214. The average Bonchev–Trinajstić information content (AvgIpc) is 3.29. The lowest BCUT2D eigenvalue weighted by Crippen LogP contribution is -2.29. The third-order valence-electron chi connectivity index (χ3n) is 6.52. The second-order valence-electron chi connectivity index (χ2n) is 9.10. The van der Waals surface area contributed by atoms with Crippen LogP contribution in [0.3, 0.4) is 0 Å². The minimum absolute atomic E-state index is 0.0929. The number of nitrogens with zero attached hydrogens (tertiary/aromatic N) is 3. The number of pyridine rings is 1. The molecular weight excluding hydrogens is 495 g/mol. The number of aromatic nitrogens is 2. The highest BCUT2D eigenvalue weighted by molar-refractivity contribution is 7.80. The van der Waals surface area contributed by atoms with Crippen molar-refractivity contribution in [1.29, 1.82) is 0 Å². The molecule has 2 atom stereocenters. The molecule has 2 aromatic heterocycles. The van der Waals surface area contributed by atoms with Crippen LogP contribution in [-0.2, 0) is 0 Å². The maximum Gasteiger partial charge on any atom is 0.174 e. The summed E-state index contributed by atoms with van der Waals surface area (Å²) in [5.41, 5.74) is 8.65. The summed E-state index contributed by atoms with van der Waals surface area (Å²) in [5.74, 6) is 0. The van der Waals surface area contributed by atoms with Gasteiger partial charge in [-0.25, -0.2) is 0 Å². The number of aryl methyl sites for hydroxylation is 3. The highest BCUT2D eigenvalue weighted by Gasteiger charge is 2.42. The molecular formula is C28H26Cl2N4S. The molecule has 1 saturated heterocycles. The van der Waals surface area contributed by atoms with Gasteiger partial charge >= 0.3 is 0 Å². The van der Waals surface area contributed by atoms with Crippen LogP contribution < -0.4 is 10.2 Å². The SMILES string of the molecule is Cc1cc(C)cc(N2C(=S)N[C@H](c3ccccn3)[C@H]2c2cc(C)n(-c3ccc(Cl)cc3Cl)c2C)c1. The number of hydrogen-bond donors (Lipinski definition) is 1. The van der Waals surface area contributed by atoms with Crippen molar-refractivity contribution in [3.05, 3.63) is 111 Å². The van der Waals surface area contributed by atoms with Crippen LogP contribution in [0.15, 0.2) is 66.9 Å². The van der Waals surface area contributed by atoms with Gasteiger partial charge in [0.05, 0.1) is 28.5 Å². The van der Waals surface area contributed by atoms with E-state index in [-0.39, 0.29) is 12.1 Å². The molecule has 178 valence electrons. The number of rotatable bonds is 4. The molecule has 1 N–H and O–H groups in total. The van der Waals surface area contributed by atoms with Crippen molar-refractivity contribution >= 4 is 46.2 Å². The van der Waals surface area contributed by atoms with E-state index >= 15 is 0 Å². The van der Waals surface area contributed by atoms with Gasteiger partial charge in [0.2, 0.25) is 0 Å². The van der Waals surface area contributed by atoms with Crippen molar-refractivity contribution in [2.75, 3.05) is 4.90 Å². The van der Waals surface area contributed by atoms with E-state index in [1.807, 2.05) is 36.5 Å². The van der Waals surface area contributed by atoms with Gasteiger partial charge in [-0.05, 0) is 105 Å². The van der Waals surface area contributed by atoms with Gasteiger partial charge in [-0.15, -0.1) is 0 Å². The summed E-state index contributed by atoms with van der Waals surface area (Å²) in [6.45, 7) is 8.45. The third kappa shape index (κ3) is 4.33. The first kappa shape index (κ1) is 23.9. The molecule has 1 aliphatic rings. The summed E-state index contributed by atoms with van der Waals surface area (Å²) in [6, 6.07) is 20.2. The topological polar surface area (TPSA) is 33.1 Å². The van der Waals surface area contributed by atoms with Gasteiger partial charge < -0.3 is 14.8 Å². The molecule has 0 bridgehead atoms. The molecule has 0 unspecified atom stereocenters. The second-order valence-corrected chi connectivity index (χ2v) is 10.3. The van der Waals surface area contributed by atoms with E-state index < -0.39 is 0 Å². The van der Waals surface area contributed by atoms with Crippen molar-refractivity contribution in [2.45, 2.75) is 39.8 Å². The van der Waals surface area contributed by atoms with Crippen LogP contribution in [0, 0.1) is 27.7 Å². The van der Waals surface area contributed by atoms with Crippen LogP contribution in [0.25, 0.3) is 5.69 Å². The van der Waals surface area contributed by atoms with Crippen LogP contribution in [0.4, 0.5) is 5.69 Å². The zero-order valence-corrected chi connectivity index (χ0v) is 22.3. The summed E-state index contributed by atoms with van der Waals surface area (Å²) in [7, 11) is 0. The predicted octanol–water partition coefficient (Wildman–Crippen LogP) is 7.59. The molecule has 3 heterocycles. The molecule has 0 saturated carbocycles. The Morgan fingerprint density at radius 1 is 0.914 bits per heavy atom. The van der Waals surface area contributed by atoms with E-state index in [4.69, 9.17) is 35.4 Å². The highest BCUT2D eigenvalue weighted by atomic mass is 35.5. The van der Waals surface area contributed by atoms with Gasteiger partial charge in [-0.3, -0.25) is 4.98 Å². The highest BCUT2D eigenvalue weighted by Crippen LogP contribution is 2.44. The minimum atomic E-state index is -0.112. The van der Waals surface area contributed by atoms with Gasteiger partial charge in [0, 0.05) is 28.3 Å². The van der Waals surface area contributed by atoms with E-state index in [2.05, 4.69) is 71.7 Å². The van der Waals surface area contributed by atoms with Crippen molar-refractivity contribution in [3.8, 4) is 5.69 Å². The molecule has 0 radical (unpaired) electrons. The smallest absolute Gasteiger partial charge is 0.174 e. The van der Waals surface area contributed by atoms with Gasteiger partial charge in [0.25, 0.3) is 0 Å². The first-order chi connectivity index (χ1) is 16.7. The van der Waals surface area contributed by atoms with Crippen molar-refractivity contribution in [3.63, 3.8) is 0 Å². The molecule has 2 aromatic carbocycles. The fourth-order valence-corrected chi connectivity index (χ4v) is 6.00. The maximum atomic E-state index is 6.63. The number of anilines is 1. The van der Waals surface area contributed by atoms with E-state index in [0.29, 0.717) is 15.2 Å². The van der Waals surface area contributed by atoms with Crippen molar-refractivity contribution in [1.82, 2.24) is 14.9 Å². The largest absolute Gasteiger partial charge is 0.351 e. The van der Waals surface area contributed by atoms with Gasteiger partial charge in [-0.2, -0.15) is 0 Å². The van der Waals surface area contributed by atoms with Crippen LogP contribution in [0.2, 0.25) is 10.0 Å². The molecule has 0 aliphatic carbocycles.